The Bertz CT molecular complexity index is 1120. The van der Waals surface area contributed by atoms with Gasteiger partial charge in [-0.05, 0) is 35.2 Å². The van der Waals surface area contributed by atoms with Gasteiger partial charge in [0.2, 0.25) is 11.8 Å². The first-order valence-corrected chi connectivity index (χ1v) is 12.8. The molecule has 0 bridgehead atoms. The van der Waals surface area contributed by atoms with Crippen molar-refractivity contribution in [1.82, 2.24) is 14.7 Å². The van der Waals surface area contributed by atoms with E-state index in [0.29, 0.717) is 44.5 Å². The number of likely N-dealkylation sites (tertiary alicyclic amines) is 1. The van der Waals surface area contributed by atoms with Gasteiger partial charge in [-0.2, -0.15) is 0 Å². The summed E-state index contributed by atoms with van der Waals surface area (Å²) in [7, 11) is 1.72. The third-order valence-corrected chi connectivity index (χ3v) is 7.07. The van der Waals surface area contributed by atoms with Gasteiger partial charge in [-0.15, -0.1) is 0 Å². The minimum Gasteiger partial charge on any atom is -0.353 e. The third-order valence-electron chi connectivity index (χ3n) is 7.07. The molecule has 8 heteroatoms. The molecule has 0 saturated carbocycles. The summed E-state index contributed by atoms with van der Waals surface area (Å²) in [4.78, 5) is 45.2. The number of carbonyl (C=O) groups is 3. The molecule has 37 heavy (non-hydrogen) atoms. The van der Waals surface area contributed by atoms with Crippen LogP contribution in [0.15, 0.2) is 54.6 Å². The van der Waals surface area contributed by atoms with E-state index < -0.39 is 17.6 Å². The van der Waals surface area contributed by atoms with Crippen LogP contribution in [0.2, 0.25) is 0 Å². The Hall–Kier alpha value is -3.26. The molecule has 0 aliphatic carbocycles. The topological polar surface area (TPSA) is 70.2 Å². The summed E-state index contributed by atoms with van der Waals surface area (Å²) in [6.45, 7) is 7.43. The van der Waals surface area contributed by atoms with E-state index in [2.05, 4.69) is 0 Å². The average molecular weight is 510 g/mol. The van der Waals surface area contributed by atoms with Crippen LogP contribution in [0, 0.1) is 11.2 Å². The lowest BCUT2D eigenvalue weighted by Gasteiger charge is -2.45. The fourth-order valence-corrected chi connectivity index (χ4v) is 5.15. The number of amides is 3. The van der Waals surface area contributed by atoms with Crippen LogP contribution in [-0.2, 0) is 20.9 Å². The summed E-state index contributed by atoms with van der Waals surface area (Å²) >= 11 is 0. The van der Waals surface area contributed by atoms with Gasteiger partial charge in [-0.25, -0.2) is 4.39 Å². The second-order valence-electron chi connectivity index (χ2n) is 11.3. The number of hydrogen-bond donors (Lipinski definition) is 0. The highest BCUT2D eigenvalue weighted by Crippen LogP contribution is 2.39. The van der Waals surface area contributed by atoms with Gasteiger partial charge in [-0.3, -0.25) is 19.3 Å². The molecule has 1 atom stereocenters. The lowest BCUT2D eigenvalue weighted by atomic mass is 9.90. The van der Waals surface area contributed by atoms with E-state index in [1.807, 2.05) is 56.0 Å². The zero-order chi connectivity index (χ0) is 26.8. The smallest absolute Gasteiger partial charge is 0.256 e. The van der Waals surface area contributed by atoms with E-state index in [4.69, 9.17) is 4.74 Å². The van der Waals surface area contributed by atoms with Crippen molar-refractivity contribution in [2.45, 2.75) is 58.3 Å². The minimum absolute atomic E-state index is 0.0703. The number of benzene rings is 2. The van der Waals surface area contributed by atoms with Crippen LogP contribution in [-0.4, -0.2) is 70.9 Å². The molecule has 2 aliphatic rings. The van der Waals surface area contributed by atoms with E-state index in [1.165, 1.54) is 24.3 Å². The Balaban J connectivity index is 1.57. The number of likely N-dealkylation sites (N-methyl/N-ethyl adjacent to an activating group) is 1. The van der Waals surface area contributed by atoms with E-state index in [-0.39, 0.29) is 29.7 Å². The van der Waals surface area contributed by atoms with E-state index in [9.17, 15) is 18.8 Å². The third kappa shape index (κ3) is 6.01. The maximum atomic E-state index is 13.8. The van der Waals surface area contributed by atoms with Gasteiger partial charge in [0.1, 0.15) is 17.6 Å². The largest absolute Gasteiger partial charge is 0.353 e. The quantitative estimate of drug-likeness (QED) is 0.609. The zero-order valence-electron chi connectivity index (χ0n) is 22.1. The monoisotopic (exact) mass is 509 g/mol. The fourth-order valence-electron chi connectivity index (χ4n) is 5.15. The fraction of sp³-hybridized carbons (Fsp3) is 0.483. The number of rotatable bonds is 5. The van der Waals surface area contributed by atoms with Crippen molar-refractivity contribution in [3.63, 3.8) is 0 Å². The molecule has 4 rings (SSSR count). The highest BCUT2D eigenvalue weighted by atomic mass is 19.1. The molecule has 2 heterocycles. The van der Waals surface area contributed by atoms with E-state index in [0.717, 1.165) is 5.56 Å². The summed E-state index contributed by atoms with van der Waals surface area (Å²) in [5.74, 6) is -0.960. The molecule has 7 nitrogen and oxygen atoms in total. The molecule has 1 unspecified atom stereocenters. The molecule has 2 saturated heterocycles. The van der Waals surface area contributed by atoms with Crippen LogP contribution < -0.4 is 0 Å². The Kier molecular flexibility index (Phi) is 7.69. The highest BCUT2D eigenvalue weighted by Gasteiger charge is 2.54. The van der Waals surface area contributed by atoms with Crippen LogP contribution in [0.25, 0.3) is 0 Å². The Morgan fingerprint density at radius 3 is 2.24 bits per heavy atom. The summed E-state index contributed by atoms with van der Waals surface area (Å²) in [5.41, 5.74) is 0.148. The summed E-state index contributed by atoms with van der Waals surface area (Å²) < 4.78 is 19.9. The lowest BCUT2D eigenvalue weighted by molar-refractivity contribution is -0.146. The maximum absolute atomic E-state index is 13.8. The highest BCUT2D eigenvalue weighted by molar-refractivity contribution is 5.98. The number of ether oxygens (including phenoxy) is 1. The normalized spacial score (nSPS) is 19.2. The molecule has 3 amide bonds. The van der Waals surface area contributed by atoms with Gasteiger partial charge in [0.05, 0.1) is 6.61 Å². The SMILES string of the molecule is CN(Cc1ccccc1)C(=O)C1COC2(CCN(C(=O)CC(C)(C)C)CC2)N1C(=O)c1ccc(F)cc1. The second-order valence-corrected chi connectivity index (χ2v) is 11.3. The van der Waals surface area contributed by atoms with Crippen molar-refractivity contribution < 1.29 is 23.5 Å². The molecule has 2 fully saturated rings. The Morgan fingerprint density at radius 1 is 1.03 bits per heavy atom. The first kappa shape index (κ1) is 26.8. The number of piperidine rings is 1. The van der Waals surface area contributed by atoms with Gasteiger partial charge in [-0.1, -0.05) is 51.1 Å². The van der Waals surface area contributed by atoms with Gasteiger partial charge < -0.3 is 14.5 Å². The van der Waals surface area contributed by atoms with Crippen molar-refractivity contribution in [1.29, 1.82) is 0 Å². The number of hydrogen-bond acceptors (Lipinski definition) is 4. The van der Waals surface area contributed by atoms with Crippen molar-refractivity contribution in [2.75, 3.05) is 26.7 Å². The van der Waals surface area contributed by atoms with E-state index >= 15 is 0 Å². The van der Waals surface area contributed by atoms with Crippen LogP contribution in [0.4, 0.5) is 4.39 Å². The van der Waals surface area contributed by atoms with Crippen molar-refractivity contribution in [3.05, 3.63) is 71.5 Å². The zero-order valence-corrected chi connectivity index (χ0v) is 22.1. The van der Waals surface area contributed by atoms with Crippen molar-refractivity contribution in [3.8, 4) is 0 Å². The molecule has 198 valence electrons. The van der Waals surface area contributed by atoms with Crippen LogP contribution in [0.5, 0.6) is 0 Å². The predicted octanol–water partition coefficient (Wildman–Crippen LogP) is 4.08. The lowest BCUT2D eigenvalue weighted by Crippen LogP contribution is -2.60. The second kappa shape index (κ2) is 10.6. The number of nitrogens with zero attached hydrogens (tertiary/aromatic N) is 3. The first-order valence-electron chi connectivity index (χ1n) is 12.8. The predicted molar refractivity (Wildman–Crippen MR) is 138 cm³/mol. The molecule has 0 aromatic heterocycles. The molecule has 0 N–H and O–H groups in total. The molecule has 1 spiro atoms. The van der Waals surface area contributed by atoms with E-state index in [1.54, 1.807) is 16.8 Å². The average Bonchev–Trinajstić information content (AvgIpc) is 3.21. The Labute approximate surface area is 218 Å². The molecular formula is C29H36FN3O4. The van der Waals surface area contributed by atoms with Crippen LogP contribution in [0.1, 0.15) is 56.0 Å². The summed E-state index contributed by atoms with van der Waals surface area (Å²) in [6.07, 6.45) is 1.24. The van der Waals surface area contributed by atoms with Crippen LogP contribution in [0.3, 0.4) is 0 Å². The summed E-state index contributed by atoms with van der Waals surface area (Å²) in [5, 5.41) is 0. The molecule has 0 radical (unpaired) electrons. The standard InChI is InChI=1S/C29H36FN3O4/c1-28(2,3)18-25(34)32-16-14-29(15-17-32)33(26(35)22-10-12-23(30)13-11-22)24(20-37-29)27(36)31(4)19-21-8-6-5-7-9-21/h5-13,24H,14-20H2,1-4H3. The molecule has 2 aromatic rings. The van der Waals surface area contributed by atoms with Gasteiger partial charge in [0, 0.05) is 51.5 Å². The number of halogens is 1. The van der Waals surface area contributed by atoms with Crippen LogP contribution >= 0.6 is 0 Å². The van der Waals surface area contributed by atoms with Gasteiger partial charge in [0.25, 0.3) is 5.91 Å². The summed E-state index contributed by atoms with van der Waals surface area (Å²) in [6, 6.07) is 14.2. The van der Waals surface area contributed by atoms with Crippen molar-refractivity contribution >= 4 is 17.7 Å². The molecule has 2 aliphatic heterocycles. The molecule has 2 aromatic carbocycles. The minimum atomic E-state index is -1.00. The maximum Gasteiger partial charge on any atom is 0.256 e. The van der Waals surface area contributed by atoms with Gasteiger partial charge in [0.15, 0.2) is 0 Å². The number of carbonyl (C=O) groups excluding carboxylic acids is 3. The Morgan fingerprint density at radius 2 is 1.65 bits per heavy atom. The van der Waals surface area contributed by atoms with Crippen molar-refractivity contribution in [2.24, 2.45) is 5.41 Å². The first-order chi connectivity index (χ1) is 17.5. The van der Waals surface area contributed by atoms with Gasteiger partial charge >= 0.3 is 0 Å². The molecular weight excluding hydrogens is 473 g/mol.